The predicted molar refractivity (Wildman–Crippen MR) is 70.0 cm³/mol. The highest BCUT2D eigenvalue weighted by Gasteiger charge is 2.32. The van der Waals surface area contributed by atoms with Crippen molar-refractivity contribution in [2.45, 2.75) is 19.0 Å². The van der Waals surface area contributed by atoms with Gasteiger partial charge in [-0.2, -0.15) is 0 Å². The molecule has 1 aliphatic rings. The van der Waals surface area contributed by atoms with Gasteiger partial charge in [0.05, 0.1) is 6.61 Å². The van der Waals surface area contributed by atoms with Crippen LogP contribution in [-0.4, -0.2) is 36.2 Å². The van der Waals surface area contributed by atoms with Crippen molar-refractivity contribution in [1.82, 2.24) is 5.32 Å². The highest BCUT2D eigenvalue weighted by atomic mass is 79.9. The van der Waals surface area contributed by atoms with Gasteiger partial charge in [-0.1, -0.05) is 15.9 Å². The topological polar surface area (TPSA) is 52.6 Å². The smallest absolute Gasteiger partial charge is 0.245 e. The maximum Gasteiger partial charge on any atom is 0.245 e. The zero-order chi connectivity index (χ0) is 12.4. The van der Waals surface area contributed by atoms with Gasteiger partial charge in [0.15, 0.2) is 0 Å². The van der Waals surface area contributed by atoms with Crippen molar-refractivity contribution in [3.05, 3.63) is 28.7 Å². The number of piperazine rings is 1. The normalized spacial score (nSPS) is 24.6. The molecule has 1 aromatic carbocycles. The Balaban J connectivity index is 2.27. The number of nitrogens with zero attached hydrogens (tertiary/aromatic N) is 1. The molecule has 0 aromatic heterocycles. The fourth-order valence-electron chi connectivity index (χ4n) is 2.05. The fraction of sp³-hybridized carbons (Fsp3) is 0.417. The van der Waals surface area contributed by atoms with E-state index in [1.165, 1.54) is 0 Å². The molecule has 1 fully saturated rings. The number of aliphatic hydroxyl groups excluding tert-OH is 1. The van der Waals surface area contributed by atoms with Gasteiger partial charge in [-0.3, -0.25) is 4.79 Å². The van der Waals surface area contributed by atoms with Crippen LogP contribution in [0.25, 0.3) is 0 Å². The molecule has 17 heavy (non-hydrogen) atoms. The lowest BCUT2D eigenvalue weighted by Crippen LogP contribution is -2.60. The largest absolute Gasteiger partial charge is 0.394 e. The summed E-state index contributed by atoms with van der Waals surface area (Å²) in [5.74, 6) is -0.117. The third kappa shape index (κ3) is 2.61. The Morgan fingerprint density at radius 1 is 1.47 bits per heavy atom. The van der Waals surface area contributed by atoms with Crippen molar-refractivity contribution in [3.63, 3.8) is 0 Å². The van der Waals surface area contributed by atoms with E-state index in [0.29, 0.717) is 6.54 Å². The van der Waals surface area contributed by atoms with E-state index in [-0.39, 0.29) is 18.6 Å². The van der Waals surface area contributed by atoms with E-state index < -0.39 is 6.04 Å². The average Bonchev–Trinajstić information content (AvgIpc) is 2.29. The molecule has 1 saturated heterocycles. The van der Waals surface area contributed by atoms with E-state index in [4.69, 9.17) is 0 Å². The Bertz CT molecular complexity index is 407. The van der Waals surface area contributed by atoms with E-state index in [1.807, 2.05) is 36.1 Å². The molecule has 2 unspecified atom stereocenters. The molecular formula is C12H15BrN2O2. The lowest BCUT2D eigenvalue weighted by Gasteiger charge is -2.39. The molecule has 1 amide bonds. The number of rotatable bonds is 2. The van der Waals surface area contributed by atoms with Gasteiger partial charge in [0.2, 0.25) is 5.91 Å². The van der Waals surface area contributed by atoms with E-state index in [1.54, 1.807) is 0 Å². The first-order valence-corrected chi connectivity index (χ1v) is 6.34. The quantitative estimate of drug-likeness (QED) is 0.861. The van der Waals surface area contributed by atoms with E-state index >= 15 is 0 Å². The molecule has 0 spiro atoms. The number of carbonyl (C=O) groups excluding carboxylic acids is 1. The Morgan fingerprint density at radius 2 is 2.12 bits per heavy atom. The van der Waals surface area contributed by atoms with E-state index in [2.05, 4.69) is 21.2 Å². The lowest BCUT2D eigenvalue weighted by molar-refractivity contribution is -0.125. The highest BCUT2D eigenvalue weighted by Crippen LogP contribution is 2.22. The zero-order valence-corrected chi connectivity index (χ0v) is 11.1. The Kier molecular flexibility index (Phi) is 3.69. The molecule has 5 heteroatoms. The number of benzene rings is 1. The van der Waals surface area contributed by atoms with Crippen LogP contribution < -0.4 is 10.2 Å². The van der Waals surface area contributed by atoms with Crippen LogP contribution in [0.3, 0.4) is 0 Å². The molecule has 2 N–H and O–H groups in total. The first-order valence-electron chi connectivity index (χ1n) is 5.55. The summed E-state index contributed by atoms with van der Waals surface area (Å²) < 4.78 is 0.997. The Morgan fingerprint density at radius 3 is 2.71 bits per heavy atom. The first kappa shape index (κ1) is 12.4. The number of carbonyl (C=O) groups is 1. The molecule has 1 aliphatic heterocycles. The third-order valence-corrected chi connectivity index (χ3v) is 3.40. The molecule has 0 saturated carbocycles. The van der Waals surface area contributed by atoms with Gasteiger partial charge in [-0.05, 0) is 31.2 Å². The third-order valence-electron chi connectivity index (χ3n) is 2.87. The summed E-state index contributed by atoms with van der Waals surface area (Å²) in [5, 5.41) is 12.2. The fourth-order valence-corrected chi connectivity index (χ4v) is 2.31. The second kappa shape index (κ2) is 5.06. The molecule has 1 aromatic rings. The van der Waals surface area contributed by atoms with Gasteiger partial charge in [0, 0.05) is 22.7 Å². The summed E-state index contributed by atoms with van der Waals surface area (Å²) >= 11 is 3.38. The molecule has 1 heterocycles. The molecule has 0 aliphatic carbocycles. The SMILES string of the molecule is CC1CN(c2ccc(Br)cc2)C(CO)C(=O)N1. The number of anilines is 1. The highest BCUT2D eigenvalue weighted by molar-refractivity contribution is 9.10. The molecular weight excluding hydrogens is 284 g/mol. The minimum Gasteiger partial charge on any atom is -0.394 e. The van der Waals surface area contributed by atoms with Crippen molar-refractivity contribution >= 4 is 27.5 Å². The van der Waals surface area contributed by atoms with Gasteiger partial charge in [-0.25, -0.2) is 0 Å². The standard InChI is InChI=1S/C12H15BrN2O2/c1-8-6-15(11(7-16)12(17)14-8)10-4-2-9(13)3-5-10/h2-5,8,11,16H,6-7H2,1H3,(H,14,17). The van der Waals surface area contributed by atoms with Crippen LogP contribution in [0.4, 0.5) is 5.69 Å². The molecule has 0 radical (unpaired) electrons. The van der Waals surface area contributed by atoms with Crippen molar-refractivity contribution in [2.24, 2.45) is 0 Å². The lowest BCUT2D eigenvalue weighted by atomic mass is 10.1. The number of nitrogens with one attached hydrogen (secondary N) is 1. The molecule has 0 bridgehead atoms. The number of hydrogen-bond acceptors (Lipinski definition) is 3. The number of amides is 1. The van der Waals surface area contributed by atoms with Crippen molar-refractivity contribution in [3.8, 4) is 0 Å². The van der Waals surface area contributed by atoms with E-state index in [0.717, 1.165) is 10.2 Å². The summed E-state index contributed by atoms with van der Waals surface area (Å²) in [5.41, 5.74) is 0.953. The van der Waals surface area contributed by atoms with Gasteiger partial charge < -0.3 is 15.3 Å². The summed E-state index contributed by atoms with van der Waals surface area (Å²) in [6, 6.07) is 7.35. The summed E-state index contributed by atoms with van der Waals surface area (Å²) in [4.78, 5) is 13.7. The summed E-state index contributed by atoms with van der Waals surface area (Å²) in [7, 11) is 0. The number of halogens is 1. The molecule has 4 nitrogen and oxygen atoms in total. The van der Waals surface area contributed by atoms with Crippen LogP contribution in [0, 0.1) is 0 Å². The Hall–Kier alpha value is -1.07. The number of hydrogen-bond donors (Lipinski definition) is 2. The van der Waals surface area contributed by atoms with Crippen LogP contribution in [0.2, 0.25) is 0 Å². The Labute approximate surface area is 109 Å². The molecule has 2 atom stereocenters. The average molecular weight is 299 g/mol. The predicted octanol–water partition coefficient (Wildman–Crippen LogP) is 1.13. The van der Waals surface area contributed by atoms with Crippen LogP contribution >= 0.6 is 15.9 Å². The van der Waals surface area contributed by atoms with Crippen LogP contribution in [0.1, 0.15) is 6.92 Å². The maximum absolute atomic E-state index is 11.8. The van der Waals surface area contributed by atoms with Crippen molar-refractivity contribution in [1.29, 1.82) is 0 Å². The van der Waals surface area contributed by atoms with Crippen LogP contribution in [-0.2, 0) is 4.79 Å². The monoisotopic (exact) mass is 298 g/mol. The molecule has 92 valence electrons. The van der Waals surface area contributed by atoms with Gasteiger partial charge in [-0.15, -0.1) is 0 Å². The van der Waals surface area contributed by atoms with Crippen molar-refractivity contribution in [2.75, 3.05) is 18.1 Å². The van der Waals surface area contributed by atoms with Crippen molar-refractivity contribution < 1.29 is 9.90 Å². The second-order valence-electron chi connectivity index (χ2n) is 4.24. The van der Waals surface area contributed by atoms with Crippen LogP contribution in [0.5, 0.6) is 0 Å². The summed E-state index contributed by atoms with van der Waals surface area (Å²) in [6.45, 7) is 2.49. The summed E-state index contributed by atoms with van der Waals surface area (Å²) in [6.07, 6.45) is 0. The molecule has 2 rings (SSSR count). The number of aliphatic hydroxyl groups is 1. The maximum atomic E-state index is 11.8. The van der Waals surface area contributed by atoms with Gasteiger partial charge >= 0.3 is 0 Å². The minimum absolute atomic E-state index is 0.0916. The minimum atomic E-state index is -0.493. The first-order chi connectivity index (χ1) is 8.11. The van der Waals surface area contributed by atoms with E-state index in [9.17, 15) is 9.90 Å². The van der Waals surface area contributed by atoms with Gasteiger partial charge in [0.25, 0.3) is 0 Å². The van der Waals surface area contributed by atoms with Crippen LogP contribution in [0.15, 0.2) is 28.7 Å². The second-order valence-corrected chi connectivity index (χ2v) is 5.15. The zero-order valence-electron chi connectivity index (χ0n) is 9.56. The van der Waals surface area contributed by atoms with Gasteiger partial charge in [0.1, 0.15) is 6.04 Å².